The van der Waals surface area contributed by atoms with Gasteiger partial charge in [0, 0.05) is 5.02 Å². The number of carbonyl (C=O) groups is 1. The zero-order valence-electron chi connectivity index (χ0n) is 12.9. The highest BCUT2D eigenvalue weighted by molar-refractivity contribution is 6.31. The van der Waals surface area contributed by atoms with Crippen molar-refractivity contribution < 1.29 is 9.53 Å². The third kappa shape index (κ3) is 2.57. The van der Waals surface area contributed by atoms with E-state index in [1.807, 2.05) is 49.4 Å². The molecule has 0 fully saturated rings. The zero-order valence-corrected chi connectivity index (χ0v) is 13.6. The first-order valence-corrected chi connectivity index (χ1v) is 7.61. The van der Waals surface area contributed by atoms with Gasteiger partial charge < -0.3 is 9.64 Å². The Hall–Kier alpha value is -2.00. The molecule has 0 unspecified atom stereocenters. The van der Waals surface area contributed by atoms with E-state index in [4.69, 9.17) is 16.3 Å². The molecule has 0 aliphatic carbocycles. The first-order chi connectivity index (χ1) is 10.4. The van der Waals surface area contributed by atoms with Crippen LogP contribution in [0.3, 0.4) is 0 Å². The predicted molar refractivity (Wildman–Crippen MR) is 88.5 cm³/mol. The van der Waals surface area contributed by atoms with Gasteiger partial charge in [-0.25, -0.2) is 0 Å². The molecule has 1 aliphatic rings. The molecule has 0 N–H and O–H groups in total. The van der Waals surface area contributed by atoms with Crippen molar-refractivity contribution in [3.05, 3.63) is 58.6 Å². The van der Waals surface area contributed by atoms with Gasteiger partial charge >= 0.3 is 0 Å². The fraction of sp³-hybridized carbons (Fsp3) is 0.278. The van der Waals surface area contributed by atoms with Gasteiger partial charge in [0.15, 0.2) is 5.60 Å². The second kappa shape index (κ2) is 5.33. The molecule has 1 aliphatic heterocycles. The molecule has 0 atom stereocenters. The quantitative estimate of drug-likeness (QED) is 0.824. The highest BCUT2D eigenvalue weighted by Crippen LogP contribution is 2.39. The lowest BCUT2D eigenvalue weighted by atomic mass is 10.0. The van der Waals surface area contributed by atoms with Crippen LogP contribution in [0.15, 0.2) is 42.5 Å². The monoisotopic (exact) mass is 315 g/mol. The summed E-state index contributed by atoms with van der Waals surface area (Å²) in [7, 11) is 0. The van der Waals surface area contributed by atoms with Crippen LogP contribution in [0.2, 0.25) is 5.02 Å². The lowest BCUT2D eigenvalue weighted by molar-refractivity contribution is -0.132. The summed E-state index contributed by atoms with van der Waals surface area (Å²) in [6, 6.07) is 13.5. The molecule has 3 rings (SSSR count). The van der Waals surface area contributed by atoms with Gasteiger partial charge in [0.1, 0.15) is 5.75 Å². The Labute approximate surface area is 135 Å². The van der Waals surface area contributed by atoms with Crippen molar-refractivity contribution in [3.63, 3.8) is 0 Å². The summed E-state index contributed by atoms with van der Waals surface area (Å²) in [5.74, 6) is 0.660. The summed E-state index contributed by atoms with van der Waals surface area (Å²) in [5.41, 5.74) is 1.91. The molecule has 1 amide bonds. The van der Waals surface area contributed by atoms with Crippen LogP contribution in [0, 0.1) is 6.92 Å². The number of hydrogen-bond donors (Lipinski definition) is 0. The van der Waals surface area contributed by atoms with Crippen LogP contribution in [-0.4, -0.2) is 11.5 Å². The molecule has 0 bridgehead atoms. The number of fused-ring (bicyclic) bond motifs is 1. The SMILES string of the molecule is Cc1ccc2c(c1)N(Cc1ccccc1Cl)C(=O)C(C)(C)O2. The number of rotatable bonds is 2. The van der Waals surface area contributed by atoms with Crippen molar-refractivity contribution in [2.24, 2.45) is 0 Å². The summed E-state index contributed by atoms with van der Waals surface area (Å²) in [6.07, 6.45) is 0. The summed E-state index contributed by atoms with van der Waals surface area (Å²) in [5, 5.41) is 0.661. The molecular weight excluding hydrogens is 298 g/mol. The first-order valence-electron chi connectivity index (χ1n) is 7.23. The Balaban J connectivity index is 2.07. The zero-order chi connectivity index (χ0) is 15.9. The summed E-state index contributed by atoms with van der Waals surface area (Å²) in [4.78, 5) is 14.6. The van der Waals surface area contributed by atoms with Gasteiger partial charge in [-0.3, -0.25) is 4.79 Å². The van der Waals surface area contributed by atoms with Gasteiger partial charge in [0.05, 0.1) is 12.2 Å². The Morgan fingerprint density at radius 2 is 1.91 bits per heavy atom. The topological polar surface area (TPSA) is 29.5 Å². The molecule has 3 nitrogen and oxygen atoms in total. The molecule has 1 heterocycles. The minimum atomic E-state index is -0.885. The Kier molecular flexibility index (Phi) is 3.61. The number of benzene rings is 2. The third-order valence-electron chi connectivity index (χ3n) is 3.82. The molecule has 22 heavy (non-hydrogen) atoms. The van der Waals surface area contributed by atoms with E-state index in [-0.39, 0.29) is 5.91 Å². The number of nitrogens with zero attached hydrogens (tertiary/aromatic N) is 1. The minimum absolute atomic E-state index is 0.0643. The van der Waals surface area contributed by atoms with Crippen LogP contribution >= 0.6 is 11.6 Å². The van der Waals surface area contributed by atoms with Gasteiger partial charge in [0.2, 0.25) is 0 Å². The lowest BCUT2D eigenvalue weighted by Gasteiger charge is -2.39. The summed E-state index contributed by atoms with van der Waals surface area (Å²) >= 11 is 6.25. The first kappa shape index (κ1) is 14.9. The van der Waals surface area contributed by atoms with Gasteiger partial charge in [-0.15, -0.1) is 0 Å². The lowest BCUT2D eigenvalue weighted by Crippen LogP contribution is -2.52. The van der Waals surface area contributed by atoms with Crippen molar-refractivity contribution in [1.82, 2.24) is 0 Å². The second-order valence-corrected chi connectivity index (χ2v) is 6.47. The van der Waals surface area contributed by atoms with Crippen LogP contribution in [-0.2, 0) is 11.3 Å². The Bertz CT molecular complexity index is 740. The predicted octanol–water partition coefficient (Wildman–Crippen LogP) is 4.35. The molecular formula is C18H18ClNO2. The van der Waals surface area contributed by atoms with Gasteiger partial charge in [-0.1, -0.05) is 35.9 Å². The molecule has 2 aromatic rings. The van der Waals surface area contributed by atoms with E-state index in [0.717, 1.165) is 22.6 Å². The number of amides is 1. The molecule has 0 spiro atoms. The molecule has 2 aromatic carbocycles. The van der Waals surface area contributed by atoms with Gasteiger partial charge in [0.25, 0.3) is 5.91 Å². The maximum Gasteiger partial charge on any atom is 0.271 e. The average Bonchev–Trinajstić information content (AvgIpc) is 2.46. The van der Waals surface area contributed by atoms with Crippen LogP contribution in [0.4, 0.5) is 5.69 Å². The van der Waals surface area contributed by atoms with Crippen molar-refractivity contribution in [2.45, 2.75) is 32.9 Å². The highest BCUT2D eigenvalue weighted by atomic mass is 35.5. The van der Waals surface area contributed by atoms with Crippen molar-refractivity contribution in [3.8, 4) is 5.75 Å². The van der Waals surface area contributed by atoms with E-state index < -0.39 is 5.60 Å². The maximum atomic E-state index is 12.8. The molecule has 114 valence electrons. The van der Waals surface area contributed by atoms with Gasteiger partial charge in [-0.05, 0) is 50.1 Å². The third-order valence-corrected chi connectivity index (χ3v) is 4.19. The Morgan fingerprint density at radius 1 is 1.18 bits per heavy atom. The van der Waals surface area contributed by atoms with E-state index in [0.29, 0.717) is 11.6 Å². The number of anilines is 1. The van der Waals surface area contributed by atoms with E-state index in [1.165, 1.54) is 0 Å². The summed E-state index contributed by atoms with van der Waals surface area (Å²) in [6.45, 7) is 6.01. The Morgan fingerprint density at radius 3 is 2.64 bits per heavy atom. The molecule has 4 heteroatoms. The number of ether oxygens (including phenoxy) is 1. The van der Waals surface area contributed by atoms with Crippen LogP contribution in [0.1, 0.15) is 25.0 Å². The highest BCUT2D eigenvalue weighted by Gasteiger charge is 2.40. The number of aryl methyl sites for hydroxylation is 1. The number of hydrogen-bond acceptors (Lipinski definition) is 2. The van der Waals surface area contributed by atoms with Crippen molar-refractivity contribution in [2.75, 3.05) is 4.90 Å². The summed E-state index contributed by atoms with van der Waals surface area (Å²) < 4.78 is 5.86. The van der Waals surface area contributed by atoms with Crippen molar-refractivity contribution >= 4 is 23.2 Å². The largest absolute Gasteiger partial charge is 0.476 e. The molecule has 0 radical (unpaired) electrons. The molecule has 0 aromatic heterocycles. The fourth-order valence-electron chi connectivity index (χ4n) is 2.63. The van der Waals surface area contributed by atoms with E-state index in [9.17, 15) is 4.79 Å². The normalized spacial score (nSPS) is 16.2. The van der Waals surface area contributed by atoms with Crippen LogP contribution in [0.25, 0.3) is 0 Å². The number of carbonyl (C=O) groups excluding carboxylic acids is 1. The second-order valence-electron chi connectivity index (χ2n) is 6.07. The smallest absolute Gasteiger partial charge is 0.271 e. The van der Waals surface area contributed by atoms with E-state index in [1.54, 1.807) is 18.7 Å². The average molecular weight is 316 g/mol. The van der Waals surface area contributed by atoms with E-state index in [2.05, 4.69) is 0 Å². The van der Waals surface area contributed by atoms with Gasteiger partial charge in [-0.2, -0.15) is 0 Å². The maximum absolute atomic E-state index is 12.8. The van der Waals surface area contributed by atoms with Crippen LogP contribution in [0.5, 0.6) is 5.75 Å². The van der Waals surface area contributed by atoms with Crippen LogP contribution < -0.4 is 9.64 Å². The number of halogens is 1. The minimum Gasteiger partial charge on any atom is -0.476 e. The van der Waals surface area contributed by atoms with Crippen molar-refractivity contribution in [1.29, 1.82) is 0 Å². The molecule has 0 saturated heterocycles. The molecule has 0 saturated carbocycles. The van der Waals surface area contributed by atoms with E-state index >= 15 is 0 Å². The standard InChI is InChI=1S/C18H18ClNO2/c1-12-8-9-16-15(10-12)20(17(21)18(2,3)22-16)11-13-6-4-5-7-14(13)19/h4-10H,11H2,1-3H3. The fourth-order valence-corrected chi connectivity index (χ4v) is 2.83.